The summed E-state index contributed by atoms with van der Waals surface area (Å²) in [6, 6.07) is 5.96. The lowest BCUT2D eigenvalue weighted by molar-refractivity contribution is -0.384. The van der Waals surface area contributed by atoms with Crippen LogP contribution in [-0.2, 0) is 4.79 Å². The highest BCUT2D eigenvalue weighted by Gasteiger charge is 2.17. The van der Waals surface area contributed by atoms with Gasteiger partial charge in [0, 0.05) is 28.3 Å². The molecule has 0 aliphatic heterocycles. The molecule has 0 radical (unpaired) electrons. The van der Waals surface area contributed by atoms with Crippen LogP contribution in [0.1, 0.15) is 6.92 Å². The normalized spacial score (nSPS) is 13.5. The van der Waals surface area contributed by atoms with Crippen molar-refractivity contribution >= 4 is 35.1 Å². The van der Waals surface area contributed by atoms with E-state index in [0.29, 0.717) is 0 Å². The van der Waals surface area contributed by atoms with E-state index in [1.807, 2.05) is 13.2 Å². The SMILES string of the molecule is CSC(CO)C(C)NC(=O)CSc1ccc([N+](=O)[O-])cc1. The molecule has 0 fully saturated rings. The number of aliphatic hydroxyl groups is 1. The number of hydrogen-bond acceptors (Lipinski definition) is 6. The van der Waals surface area contributed by atoms with Gasteiger partial charge in [-0.2, -0.15) is 11.8 Å². The first-order valence-corrected chi connectivity index (χ1v) is 8.55. The Labute approximate surface area is 131 Å². The average molecular weight is 330 g/mol. The van der Waals surface area contributed by atoms with E-state index in [-0.39, 0.29) is 35.2 Å². The maximum absolute atomic E-state index is 11.8. The minimum Gasteiger partial charge on any atom is -0.395 e. The zero-order valence-electron chi connectivity index (χ0n) is 11.8. The quantitative estimate of drug-likeness (QED) is 0.430. The summed E-state index contributed by atoms with van der Waals surface area (Å²) >= 11 is 2.82. The molecule has 0 heterocycles. The summed E-state index contributed by atoms with van der Waals surface area (Å²) < 4.78 is 0. The lowest BCUT2D eigenvalue weighted by Gasteiger charge is -2.21. The minimum atomic E-state index is -0.458. The van der Waals surface area contributed by atoms with Crippen molar-refractivity contribution in [2.45, 2.75) is 23.1 Å². The Kier molecular flexibility index (Phi) is 7.55. The molecule has 2 N–H and O–H groups in total. The first kappa shape index (κ1) is 17.8. The van der Waals surface area contributed by atoms with E-state index >= 15 is 0 Å². The first-order chi connectivity index (χ1) is 9.97. The summed E-state index contributed by atoms with van der Waals surface area (Å²) in [4.78, 5) is 22.7. The van der Waals surface area contributed by atoms with Crippen molar-refractivity contribution in [3.63, 3.8) is 0 Å². The third-order valence-electron chi connectivity index (χ3n) is 2.85. The van der Waals surface area contributed by atoms with Crippen LogP contribution in [0.4, 0.5) is 5.69 Å². The molecule has 0 saturated heterocycles. The predicted octanol–water partition coefficient (Wildman–Crippen LogP) is 1.92. The monoisotopic (exact) mass is 330 g/mol. The van der Waals surface area contributed by atoms with Gasteiger partial charge < -0.3 is 10.4 Å². The van der Waals surface area contributed by atoms with Crippen molar-refractivity contribution < 1.29 is 14.8 Å². The summed E-state index contributed by atoms with van der Waals surface area (Å²) in [7, 11) is 0. The number of carbonyl (C=O) groups is 1. The van der Waals surface area contributed by atoms with Gasteiger partial charge in [-0.15, -0.1) is 11.8 Å². The Bertz CT molecular complexity index is 478. The molecule has 0 aliphatic carbocycles. The standard InChI is InChI=1S/C13H18N2O4S2/c1-9(12(7-16)20-2)14-13(17)8-21-11-5-3-10(4-6-11)15(18)19/h3-6,9,12,16H,7-8H2,1-2H3,(H,14,17). The van der Waals surface area contributed by atoms with Gasteiger partial charge in [0.1, 0.15) is 0 Å². The maximum atomic E-state index is 11.8. The highest BCUT2D eigenvalue weighted by molar-refractivity contribution is 8.00. The van der Waals surface area contributed by atoms with Crippen LogP contribution in [0.15, 0.2) is 29.2 Å². The fraction of sp³-hybridized carbons (Fsp3) is 0.462. The summed E-state index contributed by atoms with van der Waals surface area (Å²) in [5.74, 6) is 0.104. The molecule has 1 amide bonds. The predicted molar refractivity (Wildman–Crippen MR) is 85.8 cm³/mol. The Morgan fingerprint density at radius 2 is 2.05 bits per heavy atom. The van der Waals surface area contributed by atoms with Crippen molar-refractivity contribution in [2.75, 3.05) is 18.6 Å². The van der Waals surface area contributed by atoms with Crippen LogP contribution in [0.3, 0.4) is 0 Å². The summed E-state index contributed by atoms with van der Waals surface area (Å²) in [6.45, 7) is 1.87. The number of nitrogens with zero attached hydrogens (tertiary/aromatic N) is 1. The number of carbonyl (C=O) groups excluding carboxylic acids is 1. The second-order valence-electron chi connectivity index (χ2n) is 4.35. The molecule has 1 rings (SSSR count). The molecule has 1 aromatic carbocycles. The number of aliphatic hydroxyl groups excluding tert-OH is 1. The van der Waals surface area contributed by atoms with Gasteiger partial charge in [-0.05, 0) is 25.3 Å². The second-order valence-corrected chi connectivity index (χ2v) is 6.48. The van der Waals surface area contributed by atoms with Crippen molar-refractivity contribution in [2.24, 2.45) is 0 Å². The van der Waals surface area contributed by atoms with Crippen LogP contribution in [0, 0.1) is 10.1 Å². The largest absolute Gasteiger partial charge is 0.395 e. The fourth-order valence-electron chi connectivity index (χ4n) is 1.64. The van der Waals surface area contributed by atoms with Crippen LogP contribution >= 0.6 is 23.5 Å². The molecular formula is C13H18N2O4S2. The fourth-order valence-corrected chi connectivity index (χ4v) is 2.97. The molecule has 1 aromatic rings. The van der Waals surface area contributed by atoms with Crippen molar-refractivity contribution in [1.29, 1.82) is 0 Å². The highest BCUT2D eigenvalue weighted by Crippen LogP contribution is 2.21. The number of nitro benzene ring substituents is 1. The molecule has 2 atom stereocenters. The van der Waals surface area contributed by atoms with Crippen LogP contribution in [0.2, 0.25) is 0 Å². The third kappa shape index (κ3) is 5.94. The van der Waals surface area contributed by atoms with Gasteiger partial charge in [-0.3, -0.25) is 14.9 Å². The van der Waals surface area contributed by atoms with E-state index in [0.717, 1.165) is 4.90 Å². The summed E-state index contributed by atoms with van der Waals surface area (Å²) in [5.41, 5.74) is 0.0307. The Morgan fingerprint density at radius 1 is 1.43 bits per heavy atom. The average Bonchev–Trinajstić information content (AvgIpc) is 2.46. The molecule has 0 aromatic heterocycles. The number of thioether (sulfide) groups is 2. The van der Waals surface area contributed by atoms with Crippen LogP contribution < -0.4 is 5.32 Å². The third-order valence-corrected chi connectivity index (χ3v) is 5.02. The van der Waals surface area contributed by atoms with Gasteiger partial charge >= 0.3 is 0 Å². The van der Waals surface area contributed by atoms with E-state index in [1.54, 1.807) is 12.1 Å². The van der Waals surface area contributed by atoms with Gasteiger partial charge in [0.25, 0.3) is 5.69 Å². The van der Waals surface area contributed by atoms with E-state index in [4.69, 9.17) is 5.11 Å². The number of nitro groups is 1. The summed E-state index contributed by atoms with van der Waals surface area (Å²) in [6.07, 6.45) is 1.88. The molecular weight excluding hydrogens is 312 g/mol. The van der Waals surface area contributed by atoms with Gasteiger partial charge in [-0.1, -0.05) is 0 Å². The smallest absolute Gasteiger partial charge is 0.269 e. The van der Waals surface area contributed by atoms with E-state index in [9.17, 15) is 14.9 Å². The number of rotatable bonds is 8. The molecule has 0 bridgehead atoms. The molecule has 21 heavy (non-hydrogen) atoms. The highest BCUT2D eigenvalue weighted by atomic mass is 32.2. The van der Waals surface area contributed by atoms with Crippen molar-refractivity contribution in [3.8, 4) is 0 Å². The first-order valence-electron chi connectivity index (χ1n) is 6.28. The van der Waals surface area contributed by atoms with Crippen molar-refractivity contribution in [1.82, 2.24) is 5.32 Å². The molecule has 6 nitrogen and oxygen atoms in total. The summed E-state index contributed by atoms with van der Waals surface area (Å²) in [5, 5.41) is 22.5. The Hall–Kier alpha value is -1.25. The molecule has 0 aliphatic rings. The lowest BCUT2D eigenvalue weighted by Crippen LogP contribution is -2.42. The van der Waals surface area contributed by atoms with Crippen LogP contribution in [0.5, 0.6) is 0 Å². The van der Waals surface area contributed by atoms with E-state index in [1.165, 1.54) is 35.7 Å². The Balaban J connectivity index is 2.44. The number of nitrogens with one attached hydrogen (secondary N) is 1. The van der Waals surface area contributed by atoms with Crippen LogP contribution in [-0.4, -0.2) is 45.8 Å². The molecule has 116 valence electrons. The molecule has 2 unspecified atom stereocenters. The van der Waals surface area contributed by atoms with Crippen molar-refractivity contribution in [3.05, 3.63) is 34.4 Å². The zero-order valence-corrected chi connectivity index (χ0v) is 13.4. The lowest BCUT2D eigenvalue weighted by atomic mass is 10.2. The molecule has 8 heteroatoms. The van der Waals surface area contributed by atoms with Gasteiger partial charge in [0.15, 0.2) is 0 Å². The number of non-ortho nitro benzene ring substituents is 1. The second kappa shape index (κ2) is 8.91. The maximum Gasteiger partial charge on any atom is 0.269 e. The number of hydrogen-bond donors (Lipinski definition) is 2. The Morgan fingerprint density at radius 3 is 2.52 bits per heavy atom. The van der Waals surface area contributed by atoms with E-state index < -0.39 is 4.92 Å². The van der Waals surface area contributed by atoms with Gasteiger partial charge in [0.05, 0.1) is 17.3 Å². The topological polar surface area (TPSA) is 92.5 Å². The van der Waals surface area contributed by atoms with E-state index in [2.05, 4.69) is 5.32 Å². The van der Waals surface area contributed by atoms with Crippen LogP contribution in [0.25, 0.3) is 0 Å². The van der Waals surface area contributed by atoms with Gasteiger partial charge in [-0.25, -0.2) is 0 Å². The number of amides is 1. The molecule has 0 spiro atoms. The van der Waals surface area contributed by atoms with Gasteiger partial charge in [0.2, 0.25) is 5.91 Å². The number of benzene rings is 1. The molecule has 0 saturated carbocycles. The zero-order chi connectivity index (χ0) is 15.8. The minimum absolute atomic E-state index is 0.0120.